The normalized spacial score (nSPS) is 10.5. The summed E-state index contributed by atoms with van der Waals surface area (Å²) in [6.07, 6.45) is 2.48. The van der Waals surface area contributed by atoms with Crippen molar-refractivity contribution in [2.24, 2.45) is 0 Å². The van der Waals surface area contributed by atoms with Crippen LogP contribution in [0.2, 0.25) is 0 Å². The molecular formula is C11H13N5O2. The number of nitrogen functional groups attached to an aromatic ring is 1. The highest BCUT2D eigenvalue weighted by Gasteiger charge is 2.20. The van der Waals surface area contributed by atoms with Crippen molar-refractivity contribution in [3.63, 3.8) is 0 Å². The Labute approximate surface area is 103 Å². The monoisotopic (exact) mass is 247 g/mol. The predicted octanol–water partition coefficient (Wildman–Crippen LogP) is 1.85. The zero-order valence-corrected chi connectivity index (χ0v) is 9.91. The smallest absolute Gasteiger partial charge is 0.297 e. The van der Waals surface area contributed by atoms with Crippen LogP contribution in [0.3, 0.4) is 0 Å². The van der Waals surface area contributed by atoms with Gasteiger partial charge in [0.15, 0.2) is 5.69 Å². The van der Waals surface area contributed by atoms with E-state index in [0.717, 1.165) is 6.42 Å². The zero-order chi connectivity index (χ0) is 13.1. The second-order valence-corrected chi connectivity index (χ2v) is 3.80. The van der Waals surface area contributed by atoms with E-state index in [1.165, 1.54) is 12.1 Å². The number of hydrogen-bond donors (Lipinski definition) is 1. The Bertz CT molecular complexity index is 579. The van der Waals surface area contributed by atoms with Crippen LogP contribution >= 0.6 is 0 Å². The summed E-state index contributed by atoms with van der Waals surface area (Å²) in [6.45, 7) is 2.68. The molecule has 2 aromatic rings. The molecule has 7 heteroatoms. The van der Waals surface area contributed by atoms with Gasteiger partial charge in [-0.3, -0.25) is 14.8 Å². The number of anilines is 1. The summed E-state index contributed by atoms with van der Waals surface area (Å²) in [4.78, 5) is 14.6. The first-order valence-electron chi connectivity index (χ1n) is 5.56. The van der Waals surface area contributed by atoms with Gasteiger partial charge in [0.05, 0.1) is 10.6 Å². The molecule has 0 amide bonds. The lowest BCUT2D eigenvalue weighted by Crippen LogP contribution is -2.05. The Morgan fingerprint density at radius 1 is 1.44 bits per heavy atom. The van der Waals surface area contributed by atoms with Crippen molar-refractivity contribution in [2.45, 2.75) is 19.9 Å². The lowest BCUT2D eigenvalue weighted by atomic mass is 10.2. The molecule has 0 saturated heterocycles. The summed E-state index contributed by atoms with van der Waals surface area (Å²) in [6, 6.07) is 4.48. The van der Waals surface area contributed by atoms with Gasteiger partial charge >= 0.3 is 0 Å². The molecule has 94 valence electrons. The Hall–Kier alpha value is -2.44. The minimum atomic E-state index is -0.467. The van der Waals surface area contributed by atoms with E-state index < -0.39 is 4.92 Å². The number of nitrogens with two attached hydrogens (primary N) is 1. The van der Waals surface area contributed by atoms with Crippen molar-refractivity contribution in [1.29, 1.82) is 0 Å². The molecule has 0 atom stereocenters. The minimum absolute atomic E-state index is 0.0675. The first kappa shape index (κ1) is 12.0. The van der Waals surface area contributed by atoms with Crippen molar-refractivity contribution < 1.29 is 4.92 Å². The average molecular weight is 247 g/mol. The van der Waals surface area contributed by atoms with Gasteiger partial charge in [0.1, 0.15) is 5.82 Å². The third-order valence-corrected chi connectivity index (χ3v) is 2.49. The van der Waals surface area contributed by atoms with Crippen molar-refractivity contribution in [3.05, 3.63) is 34.5 Å². The SMILES string of the molecule is CCCn1nccc1-c1nc(N)ccc1[N+](=O)[O-]. The molecule has 0 bridgehead atoms. The molecule has 2 rings (SSSR count). The maximum atomic E-state index is 11.0. The molecule has 2 N–H and O–H groups in total. The molecule has 0 spiro atoms. The van der Waals surface area contributed by atoms with Crippen LogP contribution in [0.15, 0.2) is 24.4 Å². The number of pyridine rings is 1. The third-order valence-electron chi connectivity index (χ3n) is 2.49. The molecule has 0 fully saturated rings. The van der Waals surface area contributed by atoms with Gasteiger partial charge in [0.25, 0.3) is 5.69 Å². The quantitative estimate of drug-likeness (QED) is 0.656. The van der Waals surface area contributed by atoms with Gasteiger partial charge in [-0.05, 0) is 18.6 Å². The molecule has 0 aromatic carbocycles. The molecule has 0 unspecified atom stereocenters. The van der Waals surface area contributed by atoms with Gasteiger partial charge in [-0.25, -0.2) is 4.98 Å². The van der Waals surface area contributed by atoms with E-state index in [-0.39, 0.29) is 17.2 Å². The van der Waals surface area contributed by atoms with E-state index >= 15 is 0 Å². The van der Waals surface area contributed by atoms with Crippen LogP contribution in [0.1, 0.15) is 13.3 Å². The van der Waals surface area contributed by atoms with Gasteiger partial charge < -0.3 is 5.73 Å². The summed E-state index contributed by atoms with van der Waals surface area (Å²) < 4.78 is 1.69. The first-order valence-corrected chi connectivity index (χ1v) is 5.56. The molecule has 0 aliphatic carbocycles. The fourth-order valence-electron chi connectivity index (χ4n) is 1.73. The van der Waals surface area contributed by atoms with Gasteiger partial charge in [-0.1, -0.05) is 6.92 Å². The number of nitrogens with zero attached hydrogens (tertiary/aromatic N) is 4. The maximum absolute atomic E-state index is 11.0. The fraction of sp³-hybridized carbons (Fsp3) is 0.273. The van der Waals surface area contributed by atoms with Crippen LogP contribution in [0.5, 0.6) is 0 Å². The van der Waals surface area contributed by atoms with Gasteiger partial charge in [0, 0.05) is 18.8 Å². The van der Waals surface area contributed by atoms with Crippen LogP contribution < -0.4 is 5.73 Å². The molecule has 0 aliphatic heterocycles. The third kappa shape index (κ3) is 2.15. The highest BCUT2D eigenvalue weighted by Crippen LogP contribution is 2.28. The highest BCUT2D eigenvalue weighted by atomic mass is 16.6. The summed E-state index contributed by atoms with van der Waals surface area (Å²) in [5.41, 5.74) is 6.39. The van der Waals surface area contributed by atoms with Crippen LogP contribution in [-0.4, -0.2) is 19.7 Å². The first-order chi connectivity index (χ1) is 8.63. The second-order valence-electron chi connectivity index (χ2n) is 3.80. The maximum Gasteiger partial charge on any atom is 0.297 e. The lowest BCUT2D eigenvalue weighted by molar-refractivity contribution is -0.384. The molecule has 7 nitrogen and oxygen atoms in total. The molecular weight excluding hydrogens is 234 g/mol. The van der Waals surface area contributed by atoms with Gasteiger partial charge in [-0.2, -0.15) is 5.10 Å². The number of aryl methyl sites for hydroxylation is 1. The van der Waals surface area contributed by atoms with Crippen molar-refractivity contribution in [2.75, 3.05) is 5.73 Å². The lowest BCUT2D eigenvalue weighted by Gasteiger charge is -2.06. The molecule has 0 saturated carbocycles. The summed E-state index contributed by atoms with van der Waals surface area (Å²) >= 11 is 0. The van der Waals surface area contributed by atoms with E-state index in [1.807, 2.05) is 6.92 Å². The zero-order valence-electron chi connectivity index (χ0n) is 9.91. The molecule has 0 radical (unpaired) electrons. The Morgan fingerprint density at radius 2 is 2.22 bits per heavy atom. The molecule has 2 heterocycles. The Morgan fingerprint density at radius 3 is 2.89 bits per heavy atom. The largest absolute Gasteiger partial charge is 0.384 e. The van der Waals surface area contributed by atoms with Crippen LogP contribution in [0.4, 0.5) is 11.5 Å². The van der Waals surface area contributed by atoms with Gasteiger partial charge in [0.2, 0.25) is 0 Å². The Kier molecular flexibility index (Phi) is 3.22. The van der Waals surface area contributed by atoms with Crippen molar-refractivity contribution >= 4 is 11.5 Å². The van der Waals surface area contributed by atoms with Crippen LogP contribution in [0, 0.1) is 10.1 Å². The van der Waals surface area contributed by atoms with Crippen molar-refractivity contribution in [1.82, 2.24) is 14.8 Å². The standard InChI is InChI=1S/C11H13N5O2/c1-2-7-15-8(5-6-13-15)11-9(16(17)18)3-4-10(12)14-11/h3-6H,2,7H2,1H3,(H2,12,14). The number of nitro groups is 1. The molecule has 2 aromatic heterocycles. The van der Waals surface area contributed by atoms with E-state index in [1.54, 1.807) is 16.9 Å². The van der Waals surface area contributed by atoms with Crippen LogP contribution in [-0.2, 0) is 6.54 Å². The van der Waals surface area contributed by atoms with Crippen LogP contribution in [0.25, 0.3) is 11.4 Å². The second kappa shape index (κ2) is 4.82. The number of hydrogen-bond acceptors (Lipinski definition) is 5. The number of rotatable bonds is 4. The Balaban J connectivity index is 2.58. The minimum Gasteiger partial charge on any atom is -0.384 e. The average Bonchev–Trinajstić information content (AvgIpc) is 2.77. The van der Waals surface area contributed by atoms with E-state index in [2.05, 4.69) is 10.1 Å². The fourth-order valence-corrected chi connectivity index (χ4v) is 1.73. The molecule has 0 aliphatic rings. The topological polar surface area (TPSA) is 99.9 Å². The summed E-state index contributed by atoms with van der Waals surface area (Å²) in [7, 11) is 0. The van der Waals surface area contributed by atoms with E-state index in [4.69, 9.17) is 5.73 Å². The van der Waals surface area contributed by atoms with Crippen molar-refractivity contribution in [3.8, 4) is 11.4 Å². The highest BCUT2D eigenvalue weighted by molar-refractivity contribution is 5.68. The molecule has 18 heavy (non-hydrogen) atoms. The predicted molar refractivity (Wildman–Crippen MR) is 66.8 cm³/mol. The van der Waals surface area contributed by atoms with E-state index in [0.29, 0.717) is 12.2 Å². The summed E-state index contributed by atoms with van der Waals surface area (Å²) in [5.74, 6) is 0.250. The van der Waals surface area contributed by atoms with Gasteiger partial charge in [-0.15, -0.1) is 0 Å². The van der Waals surface area contributed by atoms with E-state index in [9.17, 15) is 10.1 Å². The number of aromatic nitrogens is 3. The summed E-state index contributed by atoms with van der Waals surface area (Å²) in [5, 5.41) is 15.1.